The number of pyridine rings is 1. The highest BCUT2D eigenvalue weighted by molar-refractivity contribution is 5.28. The normalized spacial score (nSPS) is 16.8. The van der Waals surface area contributed by atoms with Gasteiger partial charge in [0.15, 0.2) is 0 Å². The second kappa shape index (κ2) is 4.21. The second-order valence-corrected chi connectivity index (χ2v) is 3.63. The molecule has 0 unspecified atom stereocenters. The Morgan fingerprint density at radius 2 is 2.21 bits per heavy atom. The maximum absolute atomic E-state index is 8.73. The van der Waals surface area contributed by atoms with Crippen molar-refractivity contribution in [1.82, 2.24) is 9.88 Å². The second-order valence-electron chi connectivity index (χ2n) is 3.63. The summed E-state index contributed by atoms with van der Waals surface area (Å²) >= 11 is 0. The summed E-state index contributed by atoms with van der Waals surface area (Å²) in [6.45, 7) is 3.21. The maximum atomic E-state index is 8.73. The van der Waals surface area contributed by atoms with Crippen molar-refractivity contribution in [1.29, 1.82) is 5.26 Å². The van der Waals surface area contributed by atoms with Gasteiger partial charge in [-0.25, -0.2) is 0 Å². The summed E-state index contributed by atoms with van der Waals surface area (Å²) in [5, 5.41) is 8.73. The van der Waals surface area contributed by atoms with E-state index < -0.39 is 0 Å². The highest BCUT2D eigenvalue weighted by Gasteiger charge is 2.12. The highest BCUT2D eigenvalue weighted by atomic mass is 15.1. The lowest BCUT2D eigenvalue weighted by Crippen LogP contribution is -2.19. The topological polar surface area (TPSA) is 39.9 Å². The molecule has 1 aliphatic rings. The summed E-state index contributed by atoms with van der Waals surface area (Å²) in [4.78, 5) is 6.64. The van der Waals surface area contributed by atoms with Crippen molar-refractivity contribution >= 4 is 0 Å². The third-order valence-corrected chi connectivity index (χ3v) is 2.53. The zero-order chi connectivity index (χ0) is 9.80. The molecule has 0 saturated carbocycles. The molecule has 0 spiro atoms. The van der Waals surface area contributed by atoms with E-state index in [1.54, 1.807) is 12.3 Å². The monoisotopic (exact) mass is 187 g/mol. The van der Waals surface area contributed by atoms with Crippen LogP contribution in [0, 0.1) is 11.3 Å². The highest BCUT2D eigenvalue weighted by Crippen LogP contribution is 2.11. The van der Waals surface area contributed by atoms with Crippen LogP contribution in [0.1, 0.15) is 24.1 Å². The first kappa shape index (κ1) is 9.17. The summed E-state index contributed by atoms with van der Waals surface area (Å²) in [6, 6.07) is 5.75. The number of nitrogens with zero attached hydrogens (tertiary/aromatic N) is 3. The van der Waals surface area contributed by atoms with E-state index in [1.165, 1.54) is 25.9 Å². The van der Waals surface area contributed by atoms with E-state index in [1.807, 2.05) is 6.07 Å². The molecule has 1 saturated heterocycles. The number of hydrogen-bond donors (Lipinski definition) is 0. The molecule has 0 bridgehead atoms. The first-order valence-electron chi connectivity index (χ1n) is 4.96. The van der Waals surface area contributed by atoms with Gasteiger partial charge in [0.05, 0.1) is 17.3 Å². The fourth-order valence-electron chi connectivity index (χ4n) is 1.80. The summed E-state index contributed by atoms with van der Waals surface area (Å²) < 4.78 is 0. The van der Waals surface area contributed by atoms with Crippen molar-refractivity contribution in [2.24, 2.45) is 0 Å². The number of aromatic nitrogens is 1. The number of likely N-dealkylation sites (tertiary alicyclic amines) is 1. The predicted molar refractivity (Wildman–Crippen MR) is 53.5 cm³/mol. The smallest absolute Gasteiger partial charge is 0.0992 e. The van der Waals surface area contributed by atoms with E-state index in [-0.39, 0.29) is 0 Å². The molecule has 1 aromatic rings. The van der Waals surface area contributed by atoms with Crippen molar-refractivity contribution in [3.8, 4) is 6.07 Å². The zero-order valence-corrected chi connectivity index (χ0v) is 8.11. The quantitative estimate of drug-likeness (QED) is 0.705. The third kappa shape index (κ3) is 2.09. The SMILES string of the molecule is N#Cc1ccnc(CN2CCCC2)c1. The molecular formula is C11H13N3. The van der Waals surface area contributed by atoms with Gasteiger partial charge < -0.3 is 0 Å². The lowest BCUT2D eigenvalue weighted by Gasteiger charge is -2.13. The standard InChI is InChI=1S/C11H13N3/c12-8-10-3-4-13-11(7-10)9-14-5-1-2-6-14/h3-4,7H,1-2,5-6,9H2. The van der Waals surface area contributed by atoms with Crippen LogP contribution >= 0.6 is 0 Å². The minimum atomic E-state index is 0.703. The summed E-state index contributed by atoms with van der Waals surface area (Å²) in [6.07, 6.45) is 4.29. The van der Waals surface area contributed by atoms with Crippen LogP contribution in [0.5, 0.6) is 0 Å². The molecule has 0 aliphatic carbocycles. The molecule has 3 nitrogen and oxygen atoms in total. The predicted octanol–water partition coefficient (Wildman–Crippen LogP) is 1.55. The molecule has 1 aromatic heterocycles. The molecule has 0 radical (unpaired) electrons. The number of nitriles is 1. The average molecular weight is 187 g/mol. The Morgan fingerprint density at radius 1 is 1.43 bits per heavy atom. The fourth-order valence-corrected chi connectivity index (χ4v) is 1.80. The summed E-state index contributed by atoms with van der Waals surface area (Å²) in [5.41, 5.74) is 1.71. The molecule has 0 amide bonds. The van der Waals surface area contributed by atoms with Crippen molar-refractivity contribution in [3.05, 3.63) is 29.6 Å². The zero-order valence-electron chi connectivity index (χ0n) is 8.11. The molecule has 0 N–H and O–H groups in total. The molecule has 2 rings (SSSR count). The Labute approximate surface area is 84.0 Å². The number of hydrogen-bond acceptors (Lipinski definition) is 3. The van der Waals surface area contributed by atoms with E-state index in [2.05, 4.69) is 16.0 Å². The molecule has 1 fully saturated rings. The van der Waals surface area contributed by atoms with Gasteiger partial charge in [-0.1, -0.05) is 0 Å². The molecular weight excluding hydrogens is 174 g/mol. The Bertz CT molecular complexity index is 348. The fraction of sp³-hybridized carbons (Fsp3) is 0.455. The van der Waals surface area contributed by atoms with E-state index in [4.69, 9.17) is 5.26 Å². The Hall–Kier alpha value is -1.40. The van der Waals surface area contributed by atoms with E-state index in [0.29, 0.717) is 5.56 Å². The van der Waals surface area contributed by atoms with Crippen LogP contribution in [0.25, 0.3) is 0 Å². The van der Waals surface area contributed by atoms with Crippen LogP contribution in [0.3, 0.4) is 0 Å². The lowest BCUT2D eigenvalue weighted by atomic mass is 10.2. The van der Waals surface area contributed by atoms with E-state index in [9.17, 15) is 0 Å². The lowest BCUT2D eigenvalue weighted by molar-refractivity contribution is 0.327. The molecule has 14 heavy (non-hydrogen) atoms. The first-order chi connectivity index (χ1) is 6.88. The molecule has 0 atom stereocenters. The maximum Gasteiger partial charge on any atom is 0.0992 e. The third-order valence-electron chi connectivity index (χ3n) is 2.53. The van der Waals surface area contributed by atoms with Crippen molar-refractivity contribution < 1.29 is 0 Å². The molecule has 3 heteroatoms. The largest absolute Gasteiger partial charge is 0.298 e. The van der Waals surface area contributed by atoms with E-state index in [0.717, 1.165) is 12.2 Å². The molecule has 2 heterocycles. The minimum absolute atomic E-state index is 0.703. The van der Waals surface area contributed by atoms with Gasteiger partial charge in [0, 0.05) is 12.7 Å². The van der Waals surface area contributed by atoms with Crippen LogP contribution in [0.2, 0.25) is 0 Å². The van der Waals surface area contributed by atoms with Gasteiger partial charge in [0.2, 0.25) is 0 Å². The van der Waals surface area contributed by atoms with Gasteiger partial charge in [0.1, 0.15) is 0 Å². The van der Waals surface area contributed by atoms with Gasteiger partial charge in [-0.15, -0.1) is 0 Å². The van der Waals surface area contributed by atoms with Gasteiger partial charge >= 0.3 is 0 Å². The summed E-state index contributed by atoms with van der Waals surface area (Å²) in [5.74, 6) is 0. The van der Waals surface area contributed by atoms with Gasteiger partial charge in [-0.2, -0.15) is 5.26 Å². The van der Waals surface area contributed by atoms with E-state index >= 15 is 0 Å². The average Bonchev–Trinajstić information content (AvgIpc) is 2.71. The molecule has 72 valence electrons. The van der Waals surface area contributed by atoms with Crippen molar-refractivity contribution in [2.75, 3.05) is 13.1 Å². The van der Waals surface area contributed by atoms with Gasteiger partial charge in [-0.05, 0) is 38.1 Å². The Balaban J connectivity index is 2.05. The van der Waals surface area contributed by atoms with Gasteiger partial charge in [0.25, 0.3) is 0 Å². The van der Waals surface area contributed by atoms with Crippen molar-refractivity contribution in [3.63, 3.8) is 0 Å². The van der Waals surface area contributed by atoms with Crippen LogP contribution in [0.15, 0.2) is 18.3 Å². The van der Waals surface area contributed by atoms with Crippen LogP contribution in [0.4, 0.5) is 0 Å². The Kier molecular flexibility index (Phi) is 2.76. The van der Waals surface area contributed by atoms with Gasteiger partial charge in [-0.3, -0.25) is 9.88 Å². The molecule has 0 aromatic carbocycles. The Morgan fingerprint density at radius 3 is 2.93 bits per heavy atom. The minimum Gasteiger partial charge on any atom is -0.298 e. The molecule has 1 aliphatic heterocycles. The first-order valence-corrected chi connectivity index (χ1v) is 4.96. The van der Waals surface area contributed by atoms with Crippen LogP contribution in [-0.4, -0.2) is 23.0 Å². The number of rotatable bonds is 2. The van der Waals surface area contributed by atoms with Crippen LogP contribution < -0.4 is 0 Å². The van der Waals surface area contributed by atoms with Crippen LogP contribution in [-0.2, 0) is 6.54 Å². The van der Waals surface area contributed by atoms with Crippen molar-refractivity contribution in [2.45, 2.75) is 19.4 Å². The summed E-state index contributed by atoms with van der Waals surface area (Å²) in [7, 11) is 0.